The standard InChI is InChI=1S/C15H10Cl3F2NO3S/c16-15(17,18)14(21-13(22)11-3-1-2-4-12(11)20)25(23,24)10-7-5-9(19)6-8-10/h1-8,14H,(H,21,22). The Hall–Kier alpha value is -1.41. The SMILES string of the molecule is O=C(NC(C(Cl)(Cl)Cl)S(=O)(=O)c1ccc(F)cc1)c1ccccc1F. The molecule has 0 saturated carbocycles. The number of alkyl halides is 3. The van der Waals surface area contributed by atoms with Crippen molar-refractivity contribution in [2.24, 2.45) is 0 Å². The second-order valence-corrected chi connectivity index (χ2v) is 9.28. The first-order valence-electron chi connectivity index (χ1n) is 6.65. The number of hydrogen-bond acceptors (Lipinski definition) is 3. The van der Waals surface area contributed by atoms with E-state index in [4.69, 9.17) is 34.8 Å². The van der Waals surface area contributed by atoms with Crippen LogP contribution in [-0.4, -0.2) is 23.5 Å². The molecule has 1 amide bonds. The first kappa shape index (κ1) is 19.9. The van der Waals surface area contributed by atoms with E-state index in [0.717, 1.165) is 36.4 Å². The molecule has 0 aliphatic heterocycles. The largest absolute Gasteiger partial charge is 0.332 e. The van der Waals surface area contributed by atoms with Crippen LogP contribution in [0, 0.1) is 11.6 Å². The number of nitrogens with one attached hydrogen (secondary N) is 1. The minimum absolute atomic E-state index is 0.376. The van der Waals surface area contributed by atoms with E-state index in [1.165, 1.54) is 12.1 Å². The van der Waals surface area contributed by atoms with Crippen LogP contribution in [0.1, 0.15) is 10.4 Å². The lowest BCUT2D eigenvalue weighted by Crippen LogP contribution is -2.49. The Kier molecular flexibility index (Phi) is 5.93. The zero-order valence-corrected chi connectivity index (χ0v) is 15.3. The fourth-order valence-corrected chi connectivity index (χ4v) is 4.56. The van der Waals surface area contributed by atoms with Crippen LogP contribution in [0.2, 0.25) is 0 Å². The fraction of sp³-hybridized carbons (Fsp3) is 0.133. The smallest absolute Gasteiger partial charge is 0.255 e. The van der Waals surface area contributed by atoms with E-state index in [-0.39, 0.29) is 4.90 Å². The maximum absolute atomic E-state index is 13.7. The zero-order valence-electron chi connectivity index (χ0n) is 12.2. The summed E-state index contributed by atoms with van der Waals surface area (Å²) in [6.07, 6.45) is 0. The Balaban J connectivity index is 2.42. The highest BCUT2D eigenvalue weighted by molar-refractivity contribution is 7.92. The van der Waals surface area contributed by atoms with Gasteiger partial charge in [0.05, 0.1) is 10.5 Å². The van der Waals surface area contributed by atoms with Crippen LogP contribution < -0.4 is 5.32 Å². The van der Waals surface area contributed by atoms with Crippen LogP contribution in [0.4, 0.5) is 8.78 Å². The average Bonchev–Trinajstić information content (AvgIpc) is 2.52. The summed E-state index contributed by atoms with van der Waals surface area (Å²) in [5.74, 6) is -2.62. The molecule has 134 valence electrons. The van der Waals surface area contributed by atoms with Gasteiger partial charge in [-0.1, -0.05) is 46.9 Å². The molecule has 0 radical (unpaired) electrons. The number of sulfone groups is 1. The van der Waals surface area contributed by atoms with Crippen molar-refractivity contribution in [3.8, 4) is 0 Å². The summed E-state index contributed by atoms with van der Waals surface area (Å²) in [5.41, 5.74) is -0.420. The van der Waals surface area contributed by atoms with Crippen LogP contribution in [0.3, 0.4) is 0 Å². The molecule has 0 fully saturated rings. The monoisotopic (exact) mass is 427 g/mol. The third kappa shape index (κ3) is 4.61. The van der Waals surface area contributed by atoms with Crippen molar-refractivity contribution < 1.29 is 22.0 Å². The number of carbonyl (C=O) groups excluding carboxylic acids is 1. The van der Waals surface area contributed by atoms with E-state index in [0.29, 0.717) is 0 Å². The van der Waals surface area contributed by atoms with Crippen molar-refractivity contribution in [2.45, 2.75) is 14.1 Å². The van der Waals surface area contributed by atoms with Gasteiger partial charge in [0.25, 0.3) is 5.91 Å². The highest BCUT2D eigenvalue weighted by Crippen LogP contribution is 2.36. The Labute approximate surface area is 157 Å². The molecule has 0 bridgehead atoms. The van der Waals surface area contributed by atoms with Crippen LogP contribution in [-0.2, 0) is 9.84 Å². The quantitative estimate of drug-likeness (QED) is 0.594. The predicted octanol–water partition coefficient (Wildman–Crippen LogP) is 3.86. The van der Waals surface area contributed by atoms with Crippen LogP contribution in [0.25, 0.3) is 0 Å². The summed E-state index contributed by atoms with van der Waals surface area (Å²) in [6.45, 7) is 0. The van der Waals surface area contributed by atoms with Crippen LogP contribution in [0.5, 0.6) is 0 Å². The maximum atomic E-state index is 13.7. The van der Waals surface area contributed by atoms with Gasteiger partial charge in [-0.2, -0.15) is 0 Å². The number of halogens is 5. The Morgan fingerprint density at radius 3 is 2.08 bits per heavy atom. The molecule has 1 atom stereocenters. The van der Waals surface area contributed by atoms with Crippen molar-refractivity contribution in [1.82, 2.24) is 5.32 Å². The highest BCUT2D eigenvalue weighted by Gasteiger charge is 2.45. The lowest BCUT2D eigenvalue weighted by molar-refractivity contribution is 0.0944. The van der Waals surface area contributed by atoms with E-state index in [9.17, 15) is 22.0 Å². The van der Waals surface area contributed by atoms with Gasteiger partial charge in [0.15, 0.2) is 5.37 Å². The summed E-state index contributed by atoms with van der Waals surface area (Å²) in [4.78, 5) is 11.8. The highest BCUT2D eigenvalue weighted by atomic mass is 35.6. The molecular formula is C15H10Cl3F2NO3S. The molecule has 2 rings (SSSR count). The summed E-state index contributed by atoms with van der Waals surface area (Å²) in [6, 6.07) is 8.64. The Morgan fingerprint density at radius 2 is 1.56 bits per heavy atom. The molecule has 4 nitrogen and oxygen atoms in total. The summed E-state index contributed by atoms with van der Waals surface area (Å²) < 4.78 is 49.6. The van der Waals surface area contributed by atoms with Gasteiger partial charge in [-0.05, 0) is 36.4 Å². The zero-order chi connectivity index (χ0) is 18.8. The topological polar surface area (TPSA) is 63.2 Å². The molecule has 25 heavy (non-hydrogen) atoms. The van der Waals surface area contributed by atoms with Crippen molar-refractivity contribution in [3.05, 3.63) is 65.7 Å². The van der Waals surface area contributed by atoms with Crippen molar-refractivity contribution >= 4 is 50.5 Å². The van der Waals surface area contributed by atoms with E-state index in [2.05, 4.69) is 0 Å². The van der Waals surface area contributed by atoms with Gasteiger partial charge in [-0.3, -0.25) is 4.79 Å². The second kappa shape index (κ2) is 7.45. The van der Waals surface area contributed by atoms with Gasteiger partial charge in [-0.15, -0.1) is 0 Å². The molecule has 0 spiro atoms. The average molecular weight is 429 g/mol. The van der Waals surface area contributed by atoms with Gasteiger partial charge >= 0.3 is 0 Å². The third-order valence-electron chi connectivity index (χ3n) is 3.13. The first-order valence-corrected chi connectivity index (χ1v) is 9.33. The molecule has 0 saturated heterocycles. The Morgan fingerprint density at radius 1 is 1.00 bits per heavy atom. The summed E-state index contributed by atoms with van der Waals surface area (Å²) in [7, 11) is -4.41. The normalized spacial score (nSPS) is 13.3. The number of rotatable bonds is 4. The molecule has 0 aromatic heterocycles. The summed E-state index contributed by atoms with van der Waals surface area (Å²) >= 11 is 17.1. The van der Waals surface area contributed by atoms with Gasteiger partial charge in [0, 0.05) is 0 Å². The van der Waals surface area contributed by atoms with Crippen molar-refractivity contribution in [2.75, 3.05) is 0 Å². The molecule has 0 aliphatic carbocycles. The van der Waals surface area contributed by atoms with Gasteiger partial charge in [0.1, 0.15) is 11.6 Å². The van der Waals surface area contributed by atoms with E-state index < -0.39 is 42.1 Å². The van der Waals surface area contributed by atoms with E-state index >= 15 is 0 Å². The predicted molar refractivity (Wildman–Crippen MR) is 91.5 cm³/mol. The summed E-state index contributed by atoms with van der Waals surface area (Å²) in [5, 5.41) is -0.0144. The molecule has 1 unspecified atom stereocenters. The van der Waals surface area contributed by atoms with Crippen molar-refractivity contribution in [3.63, 3.8) is 0 Å². The van der Waals surface area contributed by atoms with Crippen molar-refractivity contribution in [1.29, 1.82) is 0 Å². The molecule has 1 N–H and O–H groups in total. The molecule has 0 heterocycles. The number of carbonyl (C=O) groups is 1. The minimum Gasteiger partial charge on any atom is -0.332 e. The van der Waals surface area contributed by atoms with Crippen LogP contribution in [0.15, 0.2) is 53.4 Å². The Bertz CT molecular complexity index is 884. The molecule has 10 heteroatoms. The number of hydrogen-bond donors (Lipinski definition) is 1. The molecule has 2 aromatic rings. The van der Waals surface area contributed by atoms with Gasteiger partial charge in [-0.25, -0.2) is 17.2 Å². The van der Waals surface area contributed by atoms with E-state index in [1.807, 2.05) is 5.32 Å². The lowest BCUT2D eigenvalue weighted by Gasteiger charge is -2.25. The minimum atomic E-state index is -4.41. The molecule has 2 aromatic carbocycles. The fourth-order valence-electron chi connectivity index (χ4n) is 1.94. The maximum Gasteiger partial charge on any atom is 0.255 e. The number of benzene rings is 2. The third-order valence-corrected chi connectivity index (χ3v) is 6.19. The van der Waals surface area contributed by atoms with Crippen LogP contribution >= 0.6 is 34.8 Å². The van der Waals surface area contributed by atoms with Gasteiger partial charge < -0.3 is 5.32 Å². The van der Waals surface area contributed by atoms with Gasteiger partial charge in [0.2, 0.25) is 13.6 Å². The molecule has 0 aliphatic rings. The first-order chi connectivity index (χ1) is 11.5. The second-order valence-electron chi connectivity index (χ2n) is 4.87. The lowest BCUT2D eigenvalue weighted by atomic mass is 10.2. The van der Waals surface area contributed by atoms with E-state index in [1.54, 1.807) is 0 Å². The molecular weight excluding hydrogens is 419 g/mol. The number of amides is 1.